The fraction of sp³-hybridized carbons (Fsp3) is 0.476. The number of methoxy groups -OCH3 is 1. The highest BCUT2D eigenvalue weighted by molar-refractivity contribution is 5.82. The standard InChI is InChI=1S/C21H29N5O/c1-12(2)17-9-8-16(20(22-5)24-17)18-14(4)23-19-15(10-13(3)27-7)11-26(6)21(19)25-18/h8-9,11-13H,10H2,1-7H3,(H,22,24). The largest absolute Gasteiger partial charge is 0.381 e. The predicted molar refractivity (Wildman–Crippen MR) is 110 cm³/mol. The summed E-state index contributed by atoms with van der Waals surface area (Å²) in [6.45, 7) is 8.36. The Hall–Kier alpha value is -2.47. The van der Waals surface area contributed by atoms with Crippen molar-refractivity contribution in [2.24, 2.45) is 7.05 Å². The van der Waals surface area contributed by atoms with Crippen molar-refractivity contribution >= 4 is 17.0 Å². The summed E-state index contributed by atoms with van der Waals surface area (Å²) in [6, 6.07) is 4.16. The lowest BCUT2D eigenvalue weighted by molar-refractivity contribution is 0.119. The van der Waals surface area contributed by atoms with Gasteiger partial charge in [0.05, 0.1) is 17.5 Å². The number of fused-ring (bicyclic) bond motifs is 1. The summed E-state index contributed by atoms with van der Waals surface area (Å²) in [5.41, 5.74) is 6.78. The molecule has 6 heteroatoms. The van der Waals surface area contributed by atoms with E-state index in [9.17, 15) is 0 Å². The maximum Gasteiger partial charge on any atom is 0.159 e. The molecule has 0 aliphatic carbocycles. The first-order valence-electron chi connectivity index (χ1n) is 9.40. The Labute approximate surface area is 161 Å². The molecule has 1 unspecified atom stereocenters. The lowest BCUT2D eigenvalue weighted by Gasteiger charge is -2.13. The number of hydrogen-bond donors (Lipinski definition) is 1. The van der Waals surface area contributed by atoms with Crippen LogP contribution in [0.4, 0.5) is 5.82 Å². The van der Waals surface area contributed by atoms with Crippen molar-refractivity contribution in [2.45, 2.75) is 46.1 Å². The molecule has 0 spiro atoms. The highest BCUT2D eigenvalue weighted by Gasteiger charge is 2.18. The summed E-state index contributed by atoms with van der Waals surface area (Å²) >= 11 is 0. The molecule has 0 fully saturated rings. The number of hydrogen-bond acceptors (Lipinski definition) is 5. The highest BCUT2D eigenvalue weighted by Crippen LogP contribution is 2.31. The molecule has 3 aromatic rings. The van der Waals surface area contributed by atoms with Crippen LogP contribution in [0.3, 0.4) is 0 Å². The Balaban J connectivity index is 2.14. The van der Waals surface area contributed by atoms with Crippen LogP contribution in [-0.4, -0.2) is 39.8 Å². The average Bonchev–Trinajstić information content (AvgIpc) is 2.94. The Morgan fingerprint density at radius 2 is 1.89 bits per heavy atom. The van der Waals surface area contributed by atoms with Crippen molar-refractivity contribution in [3.05, 3.63) is 35.3 Å². The minimum atomic E-state index is 0.140. The molecule has 1 N–H and O–H groups in total. The van der Waals surface area contributed by atoms with Gasteiger partial charge in [0.25, 0.3) is 0 Å². The molecule has 144 valence electrons. The van der Waals surface area contributed by atoms with Crippen LogP contribution in [0.5, 0.6) is 0 Å². The smallest absolute Gasteiger partial charge is 0.159 e. The second-order valence-electron chi connectivity index (χ2n) is 7.38. The normalized spacial score (nSPS) is 12.7. The van der Waals surface area contributed by atoms with Crippen LogP contribution < -0.4 is 5.32 Å². The molecule has 0 saturated carbocycles. The number of nitrogens with one attached hydrogen (secondary N) is 1. The van der Waals surface area contributed by atoms with Crippen molar-refractivity contribution in [3.8, 4) is 11.3 Å². The van der Waals surface area contributed by atoms with E-state index in [1.807, 2.05) is 25.6 Å². The summed E-state index contributed by atoms with van der Waals surface area (Å²) in [4.78, 5) is 14.6. The Morgan fingerprint density at radius 3 is 2.52 bits per heavy atom. The molecular formula is C21H29N5O. The molecule has 0 aliphatic heterocycles. The minimum absolute atomic E-state index is 0.140. The predicted octanol–water partition coefficient (Wildman–Crippen LogP) is 4.08. The number of aromatic nitrogens is 4. The van der Waals surface area contributed by atoms with Crippen LogP contribution in [-0.2, 0) is 18.2 Å². The maximum absolute atomic E-state index is 5.42. The summed E-state index contributed by atoms with van der Waals surface area (Å²) < 4.78 is 7.46. The lowest BCUT2D eigenvalue weighted by atomic mass is 10.1. The van der Waals surface area contributed by atoms with Crippen LogP contribution in [0, 0.1) is 6.92 Å². The second kappa shape index (κ2) is 7.64. The first-order chi connectivity index (χ1) is 12.8. The zero-order valence-corrected chi connectivity index (χ0v) is 17.3. The van der Waals surface area contributed by atoms with Gasteiger partial charge in [-0.15, -0.1) is 0 Å². The first kappa shape index (κ1) is 19.3. The number of rotatable bonds is 6. The van der Waals surface area contributed by atoms with Crippen LogP contribution in [0.25, 0.3) is 22.4 Å². The molecule has 0 radical (unpaired) electrons. The molecule has 1 atom stereocenters. The third kappa shape index (κ3) is 3.67. The Morgan fingerprint density at radius 1 is 1.15 bits per heavy atom. The van der Waals surface area contributed by atoms with Gasteiger partial charge < -0.3 is 14.6 Å². The Bertz CT molecular complexity index is 961. The van der Waals surface area contributed by atoms with E-state index in [-0.39, 0.29) is 6.10 Å². The molecule has 0 amide bonds. The van der Waals surface area contributed by atoms with E-state index < -0.39 is 0 Å². The minimum Gasteiger partial charge on any atom is -0.381 e. The molecular weight excluding hydrogens is 338 g/mol. The molecule has 6 nitrogen and oxygen atoms in total. The van der Waals surface area contributed by atoms with Crippen molar-refractivity contribution in [1.82, 2.24) is 19.5 Å². The van der Waals surface area contributed by atoms with Crippen LogP contribution >= 0.6 is 0 Å². The summed E-state index contributed by atoms with van der Waals surface area (Å²) in [5, 5.41) is 3.22. The van der Waals surface area contributed by atoms with E-state index in [1.54, 1.807) is 7.11 Å². The van der Waals surface area contributed by atoms with Gasteiger partial charge in [-0.25, -0.2) is 15.0 Å². The number of pyridine rings is 1. The summed E-state index contributed by atoms with van der Waals surface area (Å²) in [5.74, 6) is 1.21. The van der Waals surface area contributed by atoms with Gasteiger partial charge >= 0.3 is 0 Å². The maximum atomic E-state index is 5.42. The first-order valence-corrected chi connectivity index (χ1v) is 9.40. The molecule has 3 heterocycles. The average molecular weight is 367 g/mol. The molecule has 0 saturated heterocycles. The van der Waals surface area contributed by atoms with Gasteiger partial charge in [0.1, 0.15) is 11.3 Å². The fourth-order valence-corrected chi connectivity index (χ4v) is 3.30. The molecule has 3 aromatic heterocycles. The van der Waals surface area contributed by atoms with Gasteiger partial charge in [0.15, 0.2) is 5.65 Å². The van der Waals surface area contributed by atoms with E-state index >= 15 is 0 Å². The van der Waals surface area contributed by atoms with E-state index in [1.165, 1.54) is 0 Å². The Kier molecular flexibility index (Phi) is 5.46. The van der Waals surface area contributed by atoms with E-state index in [4.69, 9.17) is 19.7 Å². The van der Waals surface area contributed by atoms with Gasteiger partial charge in [-0.2, -0.15) is 0 Å². The van der Waals surface area contributed by atoms with Crippen molar-refractivity contribution in [3.63, 3.8) is 0 Å². The van der Waals surface area contributed by atoms with E-state index in [2.05, 4.69) is 44.4 Å². The topological polar surface area (TPSA) is 64.9 Å². The highest BCUT2D eigenvalue weighted by atomic mass is 16.5. The van der Waals surface area contributed by atoms with Gasteiger partial charge in [0, 0.05) is 50.6 Å². The third-order valence-corrected chi connectivity index (χ3v) is 4.95. The van der Waals surface area contributed by atoms with E-state index in [0.717, 1.165) is 51.6 Å². The van der Waals surface area contributed by atoms with Gasteiger partial charge in [0.2, 0.25) is 0 Å². The van der Waals surface area contributed by atoms with Gasteiger partial charge in [-0.3, -0.25) is 0 Å². The zero-order chi connectivity index (χ0) is 19.7. The molecule has 27 heavy (non-hydrogen) atoms. The zero-order valence-electron chi connectivity index (χ0n) is 17.3. The monoisotopic (exact) mass is 367 g/mol. The van der Waals surface area contributed by atoms with Crippen LogP contribution in [0.2, 0.25) is 0 Å². The van der Waals surface area contributed by atoms with Gasteiger partial charge in [-0.05, 0) is 31.9 Å². The van der Waals surface area contributed by atoms with Gasteiger partial charge in [-0.1, -0.05) is 13.8 Å². The quantitative estimate of drug-likeness (QED) is 0.711. The lowest BCUT2D eigenvalue weighted by Crippen LogP contribution is -2.08. The number of nitrogens with zero attached hydrogens (tertiary/aromatic N) is 4. The second-order valence-corrected chi connectivity index (χ2v) is 7.38. The number of anilines is 1. The summed E-state index contributed by atoms with van der Waals surface area (Å²) in [7, 11) is 5.64. The SMILES string of the molecule is CNc1nc(C(C)C)ccc1-c1nc2c(nc1C)c(CC(C)OC)cn2C. The van der Waals surface area contributed by atoms with Crippen molar-refractivity contribution in [1.29, 1.82) is 0 Å². The van der Waals surface area contributed by atoms with E-state index in [0.29, 0.717) is 5.92 Å². The molecule has 0 aliphatic rings. The number of aryl methyl sites for hydroxylation is 2. The molecule has 3 rings (SSSR count). The summed E-state index contributed by atoms with van der Waals surface area (Å²) in [6.07, 6.45) is 3.05. The van der Waals surface area contributed by atoms with Crippen LogP contribution in [0.1, 0.15) is 43.6 Å². The van der Waals surface area contributed by atoms with Crippen LogP contribution in [0.15, 0.2) is 18.3 Å². The van der Waals surface area contributed by atoms with Crippen molar-refractivity contribution in [2.75, 3.05) is 19.5 Å². The fourth-order valence-electron chi connectivity index (χ4n) is 3.30. The molecule has 0 bridgehead atoms. The third-order valence-electron chi connectivity index (χ3n) is 4.95. The number of ether oxygens (including phenoxy) is 1. The van der Waals surface area contributed by atoms with Crippen molar-refractivity contribution < 1.29 is 4.74 Å². The molecule has 0 aromatic carbocycles.